The summed E-state index contributed by atoms with van der Waals surface area (Å²) in [6.45, 7) is 4.10. The van der Waals surface area contributed by atoms with Crippen LogP contribution in [0.25, 0.3) is 11.0 Å². The highest BCUT2D eigenvalue weighted by molar-refractivity contribution is 7.89. The molecule has 1 saturated heterocycles. The Labute approximate surface area is 195 Å². The third kappa shape index (κ3) is 4.81. The summed E-state index contributed by atoms with van der Waals surface area (Å²) in [7, 11) is -3.74. The summed E-state index contributed by atoms with van der Waals surface area (Å²) < 4.78 is 56.4. The number of esters is 1. The molecule has 1 fully saturated rings. The van der Waals surface area contributed by atoms with Crippen LogP contribution in [0, 0.1) is 12.7 Å². The number of hydrogen-bond donors (Lipinski definition) is 1. The number of morpholine rings is 1. The van der Waals surface area contributed by atoms with Gasteiger partial charge in [-0.3, -0.25) is 4.79 Å². The molecule has 1 aliphatic heterocycles. The van der Waals surface area contributed by atoms with Gasteiger partial charge in [0.2, 0.25) is 15.8 Å². The number of hydrogen-bond acceptors (Lipinski definition) is 7. The number of furan rings is 1. The zero-order valence-electron chi connectivity index (χ0n) is 18.5. The van der Waals surface area contributed by atoms with E-state index in [1.54, 1.807) is 6.92 Å². The van der Waals surface area contributed by atoms with Gasteiger partial charge < -0.3 is 19.2 Å². The van der Waals surface area contributed by atoms with Gasteiger partial charge >= 0.3 is 5.97 Å². The van der Waals surface area contributed by atoms with Gasteiger partial charge in [-0.25, -0.2) is 17.6 Å². The van der Waals surface area contributed by atoms with Crippen LogP contribution in [0.2, 0.25) is 0 Å². The van der Waals surface area contributed by atoms with E-state index in [2.05, 4.69) is 5.32 Å². The predicted molar refractivity (Wildman–Crippen MR) is 120 cm³/mol. The van der Waals surface area contributed by atoms with E-state index in [1.807, 2.05) is 0 Å². The smallest absolute Gasteiger partial charge is 0.375 e. The topological polar surface area (TPSA) is 115 Å². The molecule has 0 spiro atoms. The van der Waals surface area contributed by atoms with E-state index < -0.39 is 33.8 Å². The van der Waals surface area contributed by atoms with Crippen LogP contribution in [0.1, 0.15) is 23.0 Å². The summed E-state index contributed by atoms with van der Waals surface area (Å²) in [4.78, 5) is 25.2. The number of benzene rings is 2. The van der Waals surface area contributed by atoms with Gasteiger partial charge in [0.15, 0.2) is 6.10 Å². The second kappa shape index (κ2) is 9.53. The zero-order chi connectivity index (χ0) is 24.5. The number of carbonyl (C=O) groups excluding carboxylic acids is 2. The number of halogens is 1. The number of rotatable bonds is 6. The third-order valence-corrected chi connectivity index (χ3v) is 7.34. The Hall–Kier alpha value is -3.28. The predicted octanol–water partition coefficient (Wildman–Crippen LogP) is 3.09. The van der Waals surface area contributed by atoms with Crippen LogP contribution in [0.4, 0.5) is 10.1 Å². The fraction of sp³-hybridized carbons (Fsp3) is 0.304. The van der Waals surface area contributed by atoms with Crippen molar-refractivity contribution in [1.82, 2.24) is 4.31 Å². The highest BCUT2D eigenvalue weighted by Gasteiger charge is 2.27. The number of aryl methyl sites for hydroxylation is 1. The maximum atomic E-state index is 13.5. The van der Waals surface area contributed by atoms with Gasteiger partial charge in [0, 0.05) is 29.7 Å². The summed E-state index contributed by atoms with van der Waals surface area (Å²) in [6.07, 6.45) is -1.21. The SMILES string of the molecule is Cc1c(C(=O)O[C@H](C)C(=O)Nc2cccc(S(=O)(=O)N3CCOCC3)c2)oc2ccc(F)cc12. The van der Waals surface area contributed by atoms with E-state index in [9.17, 15) is 22.4 Å². The minimum Gasteiger partial charge on any atom is -0.449 e. The molecule has 3 aromatic rings. The van der Waals surface area contributed by atoms with Crippen molar-refractivity contribution >= 4 is 38.6 Å². The molecule has 0 unspecified atom stereocenters. The van der Waals surface area contributed by atoms with Crippen molar-refractivity contribution in [3.8, 4) is 0 Å². The molecule has 180 valence electrons. The molecule has 9 nitrogen and oxygen atoms in total. The van der Waals surface area contributed by atoms with E-state index in [-0.39, 0.29) is 29.4 Å². The second-order valence-electron chi connectivity index (χ2n) is 7.78. The molecule has 1 atom stereocenters. The fourth-order valence-electron chi connectivity index (χ4n) is 3.57. The van der Waals surface area contributed by atoms with Crippen LogP contribution in [0.5, 0.6) is 0 Å². The van der Waals surface area contributed by atoms with Crippen molar-refractivity contribution < 1.29 is 36.3 Å². The number of ether oxygens (including phenoxy) is 2. The van der Waals surface area contributed by atoms with E-state index >= 15 is 0 Å². The third-order valence-electron chi connectivity index (χ3n) is 5.45. The van der Waals surface area contributed by atoms with Gasteiger partial charge in [0.05, 0.1) is 18.1 Å². The lowest BCUT2D eigenvalue weighted by Gasteiger charge is -2.26. The molecule has 0 aliphatic carbocycles. The van der Waals surface area contributed by atoms with Crippen molar-refractivity contribution in [2.45, 2.75) is 24.8 Å². The Morgan fingerprint density at radius 2 is 1.88 bits per heavy atom. The Kier molecular flexibility index (Phi) is 6.69. The van der Waals surface area contributed by atoms with Crippen molar-refractivity contribution in [3.05, 3.63) is 59.6 Å². The van der Waals surface area contributed by atoms with Crippen LogP contribution in [0.3, 0.4) is 0 Å². The first kappa shape index (κ1) is 23.9. The number of sulfonamides is 1. The highest BCUT2D eigenvalue weighted by Crippen LogP contribution is 2.27. The first-order chi connectivity index (χ1) is 16.2. The summed E-state index contributed by atoms with van der Waals surface area (Å²) in [6, 6.07) is 9.69. The van der Waals surface area contributed by atoms with Gasteiger partial charge in [0.25, 0.3) is 5.91 Å². The quantitative estimate of drug-likeness (QED) is 0.528. The molecule has 1 amide bonds. The number of amides is 1. The maximum Gasteiger partial charge on any atom is 0.375 e. The Bertz CT molecular complexity index is 1350. The molecule has 0 saturated carbocycles. The lowest BCUT2D eigenvalue weighted by atomic mass is 10.1. The molecule has 34 heavy (non-hydrogen) atoms. The van der Waals surface area contributed by atoms with Gasteiger partial charge in [-0.05, 0) is 50.2 Å². The summed E-state index contributed by atoms with van der Waals surface area (Å²) >= 11 is 0. The molecule has 2 heterocycles. The van der Waals surface area contributed by atoms with E-state index in [0.29, 0.717) is 29.7 Å². The fourth-order valence-corrected chi connectivity index (χ4v) is 5.02. The van der Waals surface area contributed by atoms with Crippen LogP contribution in [-0.2, 0) is 24.3 Å². The minimum atomic E-state index is -3.74. The van der Waals surface area contributed by atoms with Gasteiger partial charge in [0.1, 0.15) is 11.4 Å². The number of nitrogens with one attached hydrogen (secondary N) is 1. The molecule has 1 aliphatic rings. The van der Waals surface area contributed by atoms with E-state index in [0.717, 1.165) is 0 Å². The molecule has 4 rings (SSSR count). The van der Waals surface area contributed by atoms with Crippen molar-refractivity contribution in [1.29, 1.82) is 0 Å². The monoisotopic (exact) mass is 490 g/mol. The first-order valence-corrected chi connectivity index (χ1v) is 12.0. The molecule has 1 aromatic heterocycles. The lowest BCUT2D eigenvalue weighted by molar-refractivity contribution is -0.123. The van der Waals surface area contributed by atoms with Gasteiger partial charge in [-0.15, -0.1) is 0 Å². The van der Waals surface area contributed by atoms with Crippen molar-refractivity contribution in [2.24, 2.45) is 0 Å². The van der Waals surface area contributed by atoms with E-state index in [4.69, 9.17) is 13.9 Å². The Morgan fingerprint density at radius 1 is 1.15 bits per heavy atom. The van der Waals surface area contributed by atoms with Gasteiger partial charge in [-0.1, -0.05) is 6.07 Å². The normalized spacial score (nSPS) is 15.7. The van der Waals surface area contributed by atoms with Gasteiger partial charge in [-0.2, -0.15) is 4.31 Å². The Morgan fingerprint density at radius 3 is 2.62 bits per heavy atom. The molecular weight excluding hydrogens is 467 g/mol. The van der Waals surface area contributed by atoms with Crippen molar-refractivity contribution in [3.63, 3.8) is 0 Å². The van der Waals surface area contributed by atoms with E-state index in [1.165, 1.54) is 53.7 Å². The maximum absolute atomic E-state index is 13.5. The second-order valence-corrected chi connectivity index (χ2v) is 9.72. The van der Waals surface area contributed by atoms with Crippen molar-refractivity contribution in [2.75, 3.05) is 31.6 Å². The van der Waals surface area contributed by atoms with Crippen LogP contribution < -0.4 is 5.32 Å². The average molecular weight is 491 g/mol. The minimum absolute atomic E-state index is 0.0296. The van der Waals surface area contributed by atoms with Crippen LogP contribution in [0.15, 0.2) is 51.8 Å². The lowest BCUT2D eigenvalue weighted by Crippen LogP contribution is -2.40. The highest BCUT2D eigenvalue weighted by atomic mass is 32.2. The first-order valence-electron chi connectivity index (χ1n) is 10.6. The average Bonchev–Trinajstić information content (AvgIpc) is 3.15. The summed E-state index contributed by atoms with van der Waals surface area (Å²) in [5.41, 5.74) is 0.951. The molecule has 0 radical (unpaired) electrons. The molecule has 2 aromatic carbocycles. The summed E-state index contributed by atoms with van der Waals surface area (Å²) in [5, 5.41) is 2.99. The molecule has 0 bridgehead atoms. The number of fused-ring (bicyclic) bond motifs is 1. The standard InChI is InChI=1S/C23H23FN2O7S/c1-14-19-12-16(24)6-7-20(19)33-21(14)23(28)32-15(2)22(27)25-17-4-3-5-18(13-17)34(29,30)26-8-10-31-11-9-26/h3-7,12-13,15H,8-11H2,1-2H3,(H,25,27)/t15-/m1/s1. The number of carbonyl (C=O) groups is 2. The molecule has 1 N–H and O–H groups in total. The Balaban J connectivity index is 1.44. The number of anilines is 1. The molecular formula is C23H23FN2O7S. The number of nitrogens with zero attached hydrogens (tertiary/aromatic N) is 1. The zero-order valence-corrected chi connectivity index (χ0v) is 19.4. The van der Waals surface area contributed by atoms with Crippen LogP contribution >= 0.6 is 0 Å². The summed E-state index contributed by atoms with van der Waals surface area (Å²) in [5.74, 6) is -2.13. The molecule has 11 heteroatoms. The van der Waals surface area contributed by atoms with Crippen LogP contribution in [-0.4, -0.2) is 57.0 Å². The largest absolute Gasteiger partial charge is 0.449 e.